The summed E-state index contributed by atoms with van der Waals surface area (Å²) in [6, 6.07) is 7.08. The summed E-state index contributed by atoms with van der Waals surface area (Å²) < 4.78 is 46.7. The van der Waals surface area contributed by atoms with Crippen LogP contribution in [0.1, 0.15) is 29.4 Å². The van der Waals surface area contributed by atoms with Gasteiger partial charge in [-0.05, 0) is 18.6 Å². The van der Waals surface area contributed by atoms with Crippen LogP contribution in [0.25, 0.3) is 0 Å². The number of pyridine rings is 1. The maximum Gasteiger partial charge on any atom is 0.451 e. The van der Waals surface area contributed by atoms with Crippen molar-refractivity contribution >= 4 is 5.82 Å². The van der Waals surface area contributed by atoms with Crippen LogP contribution < -0.4 is 10.1 Å². The number of aryl methyl sites for hydroxylation is 1. The second-order valence-electron chi connectivity index (χ2n) is 6.96. The molecule has 7 nitrogen and oxygen atoms in total. The van der Waals surface area contributed by atoms with Crippen LogP contribution in [0.15, 0.2) is 42.9 Å². The Labute approximate surface area is 165 Å². The first kappa shape index (κ1) is 19.2. The molecule has 0 bridgehead atoms. The Morgan fingerprint density at radius 3 is 2.83 bits per heavy atom. The van der Waals surface area contributed by atoms with Gasteiger partial charge in [0.05, 0.1) is 12.8 Å². The Balaban J connectivity index is 1.43. The average Bonchev–Trinajstić information content (AvgIpc) is 3.37. The third-order valence-corrected chi connectivity index (χ3v) is 4.62. The molecule has 1 N–H and O–H groups in total. The highest BCUT2D eigenvalue weighted by Crippen LogP contribution is 2.46. The molecule has 1 aliphatic rings. The number of nitrogens with one attached hydrogen (secondary N) is 1. The lowest BCUT2D eigenvalue weighted by Gasteiger charge is -2.12. The first-order chi connectivity index (χ1) is 13.9. The topological polar surface area (TPSA) is 77.8 Å². The number of halogens is 3. The monoisotopic (exact) mass is 404 g/mol. The van der Waals surface area contributed by atoms with Crippen LogP contribution in [0.3, 0.4) is 0 Å². The Morgan fingerprint density at radius 1 is 1.28 bits per heavy atom. The molecule has 0 aliphatic heterocycles. The van der Waals surface area contributed by atoms with Crippen LogP contribution in [0, 0.1) is 5.92 Å². The van der Waals surface area contributed by atoms with Crippen molar-refractivity contribution in [2.24, 2.45) is 13.0 Å². The Morgan fingerprint density at radius 2 is 2.14 bits per heavy atom. The van der Waals surface area contributed by atoms with Crippen molar-refractivity contribution < 1.29 is 17.9 Å². The van der Waals surface area contributed by atoms with Crippen molar-refractivity contribution in [2.75, 3.05) is 11.9 Å². The number of hydrogen-bond acceptors (Lipinski definition) is 6. The minimum atomic E-state index is -4.67. The summed E-state index contributed by atoms with van der Waals surface area (Å²) in [5, 5.41) is 6.90. The summed E-state index contributed by atoms with van der Waals surface area (Å²) in [7, 11) is 1.76. The maximum atomic E-state index is 13.2. The lowest BCUT2D eigenvalue weighted by atomic mass is 10.2. The highest BCUT2D eigenvalue weighted by Gasteiger charge is 2.40. The van der Waals surface area contributed by atoms with Gasteiger partial charge in [-0.1, -0.05) is 6.07 Å². The van der Waals surface area contributed by atoms with Crippen LogP contribution >= 0.6 is 0 Å². The molecular formula is C19H19F3N6O. The van der Waals surface area contributed by atoms with E-state index in [0.717, 1.165) is 17.7 Å². The van der Waals surface area contributed by atoms with E-state index in [2.05, 4.69) is 25.4 Å². The summed E-state index contributed by atoms with van der Waals surface area (Å²) in [5.74, 6) is -0.819. The van der Waals surface area contributed by atoms with Crippen LogP contribution in [0.2, 0.25) is 0 Å². The van der Waals surface area contributed by atoms with Crippen LogP contribution in [-0.4, -0.2) is 31.3 Å². The van der Waals surface area contributed by atoms with Gasteiger partial charge in [0.2, 0.25) is 11.7 Å². The molecule has 2 atom stereocenters. The summed E-state index contributed by atoms with van der Waals surface area (Å²) in [6.45, 7) is 0.559. The molecule has 29 heavy (non-hydrogen) atoms. The molecule has 0 unspecified atom stereocenters. The Bertz CT molecular complexity index is 976. The summed E-state index contributed by atoms with van der Waals surface area (Å²) in [6.07, 6.45) is 1.34. The van der Waals surface area contributed by atoms with E-state index in [1.165, 1.54) is 6.07 Å². The van der Waals surface area contributed by atoms with Crippen molar-refractivity contribution in [3.63, 3.8) is 0 Å². The van der Waals surface area contributed by atoms with E-state index in [0.29, 0.717) is 0 Å². The molecule has 0 spiro atoms. The van der Waals surface area contributed by atoms with Gasteiger partial charge in [0.25, 0.3) is 0 Å². The molecule has 0 amide bonds. The predicted octanol–water partition coefficient (Wildman–Crippen LogP) is 3.42. The predicted molar refractivity (Wildman–Crippen MR) is 98.1 cm³/mol. The fourth-order valence-corrected chi connectivity index (χ4v) is 3.05. The van der Waals surface area contributed by atoms with E-state index in [1.807, 2.05) is 18.2 Å². The van der Waals surface area contributed by atoms with Crippen molar-refractivity contribution in [3.8, 4) is 5.88 Å². The third-order valence-electron chi connectivity index (χ3n) is 4.62. The van der Waals surface area contributed by atoms with Crippen LogP contribution in [0.5, 0.6) is 5.88 Å². The number of hydrogen-bond donors (Lipinski definition) is 1. The number of alkyl halides is 3. The standard InChI is InChI=1S/C19H19F3N6O/c1-28-10-12(9-25-28)8-24-16-7-17(27-18(26-16)19(20,21)22)29-11-13-6-14(13)15-4-2-3-5-23-15/h2-5,7,9-10,13-14H,6,8,11H2,1H3,(H,24,26,27)/t13-,14+/m1/s1. The Kier molecular flexibility index (Phi) is 5.08. The van der Waals surface area contributed by atoms with E-state index in [1.54, 1.807) is 30.3 Å². The molecule has 0 aromatic carbocycles. The lowest BCUT2D eigenvalue weighted by molar-refractivity contribution is -0.145. The van der Waals surface area contributed by atoms with Gasteiger partial charge in [-0.25, -0.2) is 4.98 Å². The smallest absolute Gasteiger partial charge is 0.451 e. The van der Waals surface area contributed by atoms with Gasteiger partial charge in [0, 0.05) is 55.1 Å². The maximum absolute atomic E-state index is 13.2. The average molecular weight is 404 g/mol. The normalized spacial score (nSPS) is 18.5. The molecule has 10 heteroatoms. The molecule has 3 aromatic rings. The van der Waals surface area contributed by atoms with Gasteiger partial charge >= 0.3 is 6.18 Å². The molecule has 3 heterocycles. The second-order valence-corrected chi connectivity index (χ2v) is 6.96. The zero-order valence-corrected chi connectivity index (χ0v) is 15.6. The van der Waals surface area contributed by atoms with Gasteiger partial charge in [-0.3, -0.25) is 9.67 Å². The van der Waals surface area contributed by atoms with Crippen molar-refractivity contribution in [1.29, 1.82) is 0 Å². The quantitative estimate of drug-likeness (QED) is 0.650. The summed E-state index contributed by atoms with van der Waals surface area (Å²) in [5.41, 5.74) is 1.79. The Hall–Kier alpha value is -3.17. The molecule has 4 rings (SSSR count). The number of aromatic nitrogens is 5. The van der Waals surface area contributed by atoms with Gasteiger partial charge in [0.1, 0.15) is 5.82 Å². The summed E-state index contributed by atoms with van der Waals surface area (Å²) >= 11 is 0. The van der Waals surface area contributed by atoms with E-state index in [4.69, 9.17) is 4.74 Å². The molecule has 0 radical (unpaired) electrons. The fourth-order valence-electron chi connectivity index (χ4n) is 3.05. The van der Waals surface area contributed by atoms with Crippen LogP contribution in [-0.2, 0) is 19.8 Å². The third kappa shape index (κ3) is 4.82. The second kappa shape index (κ2) is 7.69. The molecule has 0 saturated heterocycles. The first-order valence-electron chi connectivity index (χ1n) is 9.10. The zero-order chi connectivity index (χ0) is 20.4. The lowest BCUT2D eigenvalue weighted by Crippen LogP contribution is -2.15. The van der Waals surface area contributed by atoms with E-state index >= 15 is 0 Å². The van der Waals surface area contributed by atoms with Crippen molar-refractivity contribution in [2.45, 2.75) is 25.1 Å². The largest absolute Gasteiger partial charge is 0.477 e. The molecule has 3 aromatic heterocycles. The van der Waals surface area contributed by atoms with Gasteiger partial charge in [0.15, 0.2) is 0 Å². The molecule has 1 fully saturated rings. The minimum absolute atomic E-state index is 0.0447. The number of anilines is 1. The zero-order valence-electron chi connectivity index (χ0n) is 15.6. The highest BCUT2D eigenvalue weighted by molar-refractivity contribution is 5.39. The highest BCUT2D eigenvalue weighted by atomic mass is 19.4. The molecular weight excluding hydrogens is 385 g/mol. The van der Waals surface area contributed by atoms with Crippen LogP contribution in [0.4, 0.5) is 19.0 Å². The number of rotatable bonds is 7. The molecule has 1 saturated carbocycles. The van der Waals surface area contributed by atoms with Crippen molar-refractivity contribution in [1.82, 2.24) is 24.7 Å². The SMILES string of the molecule is Cn1cc(CNc2cc(OC[C@H]3C[C@@H]3c3ccccn3)nc(C(F)(F)F)n2)cn1. The van der Waals surface area contributed by atoms with Gasteiger partial charge < -0.3 is 10.1 Å². The number of nitrogens with zero attached hydrogens (tertiary/aromatic N) is 5. The van der Waals surface area contributed by atoms with E-state index in [9.17, 15) is 13.2 Å². The minimum Gasteiger partial charge on any atom is -0.477 e. The fraction of sp³-hybridized carbons (Fsp3) is 0.368. The van der Waals surface area contributed by atoms with Gasteiger partial charge in [-0.15, -0.1) is 0 Å². The molecule has 152 valence electrons. The summed E-state index contributed by atoms with van der Waals surface area (Å²) in [4.78, 5) is 11.4. The van der Waals surface area contributed by atoms with Gasteiger partial charge in [-0.2, -0.15) is 23.3 Å². The van der Waals surface area contributed by atoms with E-state index in [-0.39, 0.29) is 36.7 Å². The van der Waals surface area contributed by atoms with Crippen molar-refractivity contribution in [3.05, 3.63) is 59.9 Å². The number of ether oxygens (including phenoxy) is 1. The molecule has 1 aliphatic carbocycles. The first-order valence-corrected chi connectivity index (χ1v) is 9.10. The van der Waals surface area contributed by atoms with E-state index < -0.39 is 12.0 Å².